The molecule has 2 aromatic carbocycles. The average molecular weight is 394 g/mol. The Bertz CT molecular complexity index is 982. The summed E-state index contributed by atoms with van der Waals surface area (Å²) in [7, 11) is 1.65. The van der Waals surface area contributed by atoms with Gasteiger partial charge in [0, 0.05) is 17.7 Å². The van der Waals surface area contributed by atoms with Crippen molar-refractivity contribution in [2.45, 2.75) is 43.0 Å². The van der Waals surface area contributed by atoms with Crippen LogP contribution < -0.4 is 4.74 Å². The van der Waals surface area contributed by atoms with E-state index in [4.69, 9.17) is 4.74 Å². The van der Waals surface area contributed by atoms with E-state index in [9.17, 15) is 4.79 Å². The summed E-state index contributed by atoms with van der Waals surface area (Å²) in [5.74, 6) is 1.89. The average Bonchev–Trinajstić information content (AvgIpc) is 3.13. The zero-order valence-electron chi connectivity index (χ0n) is 16.1. The Balaban J connectivity index is 1.78. The first kappa shape index (κ1) is 18.7. The summed E-state index contributed by atoms with van der Waals surface area (Å²) >= 11 is 1.53. The van der Waals surface area contributed by atoms with Crippen molar-refractivity contribution < 1.29 is 9.53 Å². The highest BCUT2D eigenvalue weighted by Gasteiger charge is 2.27. The molecule has 5 nitrogen and oxygen atoms in total. The van der Waals surface area contributed by atoms with Crippen LogP contribution in [0.3, 0.4) is 0 Å². The van der Waals surface area contributed by atoms with Crippen LogP contribution in [0.1, 0.15) is 31.2 Å². The fraction of sp³-hybridized carbons (Fsp3) is 0.318. The first-order chi connectivity index (χ1) is 13.7. The molecule has 0 radical (unpaired) electrons. The number of ketones is 1. The highest BCUT2D eigenvalue weighted by atomic mass is 32.2. The zero-order chi connectivity index (χ0) is 19.5. The Morgan fingerprint density at radius 1 is 1.11 bits per heavy atom. The second-order valence-electron chi connectivity index (χ2n) is 7.03. The number of ether oxygens (including phenoxy) is 1. The van der Waals surface area contributed by atoms with Gasteiger partial charge in [-0.1, -0.05) is 41.9 Å². The summed E-state index contributed by atoms with van der Waals surface area (Å²) < 4.78 is 7.34. The molecule has 0 unspecified atom stereocenters. The van der Waals surface area contributed by atoms with E-state index in [0.717, 1.165) is 47.2 Å². The minimum absolute atomic E-state index is 0.0414. The fourth-order valence-electron chi connectivity index (χ4n) is 3.48. The molecule has 0 aliphatic heterocycles. The number of aromatic nitrogens is 3. The van der Waals surface area contributed by atoms with Crippen LogP contribution in [0.2, 0.25) is 0 Å². The van der Waals surface area contributed by atoms with Crippen molar-refractivity contribution in [1.82, 2.24) is 14.8 Å². The van der Waals surface area contributed by atoms with Crippen molar-refractivity contribution in [2.75, 3.05) is 7.11 Å². The third kappa shape index (κ3) is 3.83. The standard InChI is InChI=1S/C22H23N3O2S/c1-15-6-5-7-16(14-15)21-23-24-22(28-20-9-4-3-8-19(20)26)25(21)17-10-12-18(27-2)13-11-17/h5-7,10-14,20H,3-4,8-9H2,1-2H3/t20-/m1/s1. The number of hydrogen-bond donors (Lipinski definition) is 0. The molecule has 3 aromatic rings. The van der Waals surface area contributed by atoms with Gasteiger partial charge in [-0.05, 0) is 50.1 Å². The van der Waals surface area contributed by atoms with Crippen LogP contribution in [-0.2, 0) is 4.79 Å². The van der Waals surface area contributed by atoms with Crippen LogP contribution in [0.4, 0.5) is 0 Å². The Kier molecular flexibility index (Phi) is 5.48. The molecule has 1 heterocycles. The molecule has 144 valence electrons. The SMILES string of the molecule is COc1ccc(-n2c(S[C@@H]3CCCCC3=O)nnc2-c2cccc(C)c2)cc1. The van der Waals surface area contributed by atoms with E-state index in [1.54, 1.807) is 7.11 Å². The zero-order valence-corrected chi connectivity index (χ0v) is 16.9. The summed E-state index contributed by atoms with van der Waals surface area (Å²) in [5.41, 5.74) is 3.12. The quantitative estimate of drug-likeness (QED) is 0.620. The molecule has 1 atom stereocenters. The lowest BCUT2D eigenvalue weighted by Crippen LogP contribution is -2.21. The van der Waals surface area contributed by atoms with E-state index in [-0.39, 0.29) is 5.25 Å². The molecular formula is C22H23N3O2S. The lowest BCUT2D eigenvalue weighted by atomic mass is 9.99. The molecular weight excluding hydrogens is 370 g/mol. The van der Waals surface area contributed by atoms with Gasteiger partial charge in [0.25, 0.3) is 0 Å². The van der Waals surface area contributed by atoms with Gasteiger partial charge in [0.1, 0.15) is 11.5 Å². The number of methoxy groups -OCH3 is 1. The maximum absolute atomic E-state index is 12.4. The van der Waals surface area contributed by atoms with E-state index in [1.807, 2.05) is 41.0 Å². The molecule has 0 saturated heterocycles. The van der Waals surface area contributed by atoms with Crippen LogP contribution in [0.5, 0.6) is 5.75 Å². The van der Waals surface area contributed by atoms with Crippen molar-refractivity contribution in [3.05, 3.63) is 54.1 Å². The minimum atomic E-state index is -0.0414. The molecule has 1 aromatic heterocycles. The van der Waals surface area contributed by atoms with Crippen molar-refractivity contribution in [3.63, 3.8) is 0 Å². The maximum atomic E-state index is 12.4. The van der Waals surface area contributed by atoms with Crippen LogP contribution in [-0.4, -0.2) is 32.9 Å². The molecule has 1 aliphatic carbocycles. The number of thioether (sulfide) groups is 1. The molecule has 0 N–H and O–H groups in total. The number of benzene rings is 2. The minimum Gasteiger partial charge on any atom is -0.497 e. The molecule has 0 spiro atoms. The number of carbonyl (C=O) groups is 1. The summed E-state index contributed by atoms with van der Waals surface area (Å²) in [6.45, 7) is 2.06. The maximum Gasteiger partial charge on any atom is 0.196 e. The monoisotopic (exact) mass is 393 g/mol. The normalized spacial score (nSPS) is 16.9. The van der Waals surface area contributed by atoms with Gasteiger partial charge < -0.3 is 4.74 Å². The second kappa shape index (κ2) is 8.19. The molecule has 0 amide bonds. The van der Waals surface area contributed by atoms with Crippen molar-refractivity contribution in [3.8, 4) is 22.8 Å². The fourth-order valence-corrected chi connectivity index (χ4v) is 4.66. The third-order valence-corrected chi connectivity index (χ3v) is 6.24. The van der Waals surface area contributed by atoms with Crippen molar-refractivity contribution >= 4 is 17.5 Å². The third-order valence-electron chi connectivity index (χ3n) is 4.99. The van der Waals surface area contributed by atoms with Crippen LogP contribution in [0.25, 0.3) is 17.1 Å². The van der Waals surface area contributed by atoms with Gasteiger partial charge in [-0.3, -0.25) is 9.36 Å². The first-order valence-corrected chi connectivity index (χ1v) is 10.4. The van der Waals surface area contributed by atoms with Crippen molar-refractivity contribution in [2.24, 2.45) is 0 Å². The second-order valence-corrected chi connectivity index (χ2v) is 8.20. The molecule has 1 fully saturated rings. The molecule has 4 rings (SSSR count). The summed E-state index contributed by atoms with van der Waals surface area (Å²) in [6, 6.07) is 16.1. The predicted molar refractivity (Wildman–Crippen MR) is 111 cm³/mol. The van der Waals surface area contributed by atoms with Crippen LogP contribution in [0, 0.1) is 6.92 Å². The number of Topliss-reactive ketones (excluding diaryl/α,β-unsaturated/α-hetero) is 1. The Morgan fingerprint density at radius 2 is 1.93 bits per heavy atom. The highest BCUT2D eigenvalue weighted by Crippen LogP contribution is 2.35. The van der Waals surface area contributed by atoms with E-state index in [1.165, 1.54) is 17.3 Å². The lowest BCUT2D eigenvalue weighted by Gasteiger charge is -2.20. The predicted octanol–water partition coefficient (Wildman–Crippen LogP) is 4.86. The van der Waals surface area contributed by atoms with Gasteiger partial charge >= 0.3 is 0 Å². The van der Waals surface area contributed by atoms with E-state index in [2.05, 4.69) is 29.3 Å². The van der Waals surface area contributed by atoms with Gasteiger partial charge in [0.2, 0.25) is 0 Å². The van der Waals surface area contributed by atoms with Gasteiger partial charge in [0.05, 0.1) is 12.4 Å². The van der Waals surface area contributed by atoms with Crippen LogP contribution in [0.15, 0.2) is 53.7 Å². The largest absolute Gasteiger partial charge is 0.497 e. The smallest absolute Gasteiger partial charge is 0.196 e. The van der Waals surface area contributed by atoms with Crippen molar-refractivity contribution in [1.29, 1.82) is 0 Å². The number of hydrogen-bond acceptors (Lipinski definition) is 5. The van der Waals surface area contributed by atoms with Gasteiger partial charge in [0.15, 0.2) is 11.0 Å². The number of aryl methyl sites for hydroxylation is 1. The van der Waals surface area contributed by atoms with E-state index >= 15 is 0 Å². The Labute approximate surface area is 169 Å². The van der Waals surface area contributed by atoms with Gasteiger partial charge in [-0.25, -0.2) is 0 Å². The summed E-state index contributed by atoms with van der Waals surface area (Å²) in [4.78, 5) is 12.4. The molecule has 6 heteroatoms. The van der Waals surface area contributed by atoms with E-state index < -0.39 is 0 Å². The molecule has 0 bridgehead atoms. The highest BCUT2D eigenvalue weighted by molar-refractivity contribution is 8.00. The number of nitrogens with zero attached hydrogens (tertiary/aromatic N) is 3. The topological polar surface area (TPSA) is 57.0 Å². The number of rotatable bonds is 5. The Hall–Kier alpha value is -2.60. The van der Waals surface area contributed by atoms with Gasteiger partial charge in [-0.2, -0.15) is 0 Å². The Morgan fingerprint density at radius 3 is 2.64 bits per heavy atom. The number of carbonyl (C=O) groups excluding carboxylic acids is 1. The lowest BCUT2D eigenvalue weighted by molar-refractivity contribution is -0.119. The van der Waals surface area contributed by atoms with Gasteiger partial charge in [-0.15, -0.1) is 10.2 Å². The molecule has 1 saturated carbocycles. The first-order valence-electron chi connectivity index (χ1n) is 9.52. The summed E-state index contributed by atoms with van der Waals surface area (Å²) in [6.07, 6.45) is 3.65. The molecule has 28 heavy (non-hydrogen) atoms. The van der Waals surface area contributed by atoms with Crippen LogP contribution >= 0.6 is 11.8 Å². The summed E-state index contributed by atoms with van der Waals surface area (Å²) in [5, 5.41) is 9.66. The van der Waals surface area contributed by atoms with E-state index in [0.29, 0.717) is 12.2 Å². The molecule has 1 aliphatic rings.